The van der Waals surface area contributed by atoms with E-state index in [2.05, 4.69) is 15.6 Å². The molecule has 2 aromatic carbocycles. The molecule has 0 aliphatic heterocycles. The van der Waals surface area contributed by atoms with Gasteiger partial charge in [-0.25, -0.2) is 4.68 Å². The van der Waals surface area contributed by atoms with Crippen LogP contribution in [0.25, 0.3) is 11.0 Å². The van der Waals surface area contributed by atoms with E-state index < -0.39 is 42.3 Å². The lowest BCUT2D eigenvalue weighted by molar-refractivity contribution is -0.137. The van der Waals surface area contributed by atoms with Crippen LogP contribution in [0.15, 0.2) is 48.5 Å². The minimum absolute atomic E-state index is 0.159. The van der Waals surface area contributed by atoms with Gasteiger partial charge in [0.05, 0.1) is 23.4 Å². The van der Waals surface area contributed by atoms with Gasteiger partial charge in [-0.3, -0.25) is 9.59 Å². The molecule has 0 atom stereocenters. The number of carbonyl (C=O) groups excluding carboxylic acids is 2. The molecule has 164 valence electrons. The number of carbonyl (C=O) groups is 2. The first-order valence-corrected chi connectivity index (χ1v) is 9.31. The monoisotopic (exact) mass is 435 g/mol. The number of para-hydroxylation sites is 2. The molecule has 1 heterocycles. The van der Waals surface area contributed by atoms with E-state index in [1.807, 2.05) is 0 Å². The Bertz CT molecular complexity index is 1070. The molecule has 11 heteroatoms. The maximum atomic E-state index is 13.6. The van der Waals surface area contributed by atoms with Crippen molar-refractivity contribution in [3.63, 3.8) is 0 Å². The highest BCUT2D eigenvalue weighted by Gasteiger charge is 2.36. The number of aromatic nitrogens is 3. The van der Waals surface area contributed by atoms with E-state index in [9.17, 15) is 22.8 Å². The van der Waals surface area contributed by atoms with Crippen LogP contribution in [0.1, 0.15) is 5.56 Å². The minimum Gasteiger partial charge on any atom is -0.383 e. The summed E-state index contributed by atoms with van der Waals surface area (Å²) in [5, 5.41) is 10.4. The molecule has 0 radical (unpaired) electrons. The number of nitrogens with one attached hydrogen (secondary N) is 1. The van der Waals surface area contributed by atoms with Crippen LogP contribution in [0.3, 0.4) is 0 Å². The van der Waals surface area contributed by atoms with Crippen molar-refractivity contribution >= 4 is 28.5 Å². The highest BCUT2D eigenvalue weighted by molar-refractivity contribution is 5.99. The summed E-state index contributed by atoms with van der Waals surface area (Å²) in [4.78, 5) is 26.2. The van der Waals surface area contributed by atoms with Crippen molar-refractivity contribution in [3.8, 4) is 0 Å². The molecule has 0 saturated heterocycles. The van der Waals surface area contributed by atoms with E-state index in [1.165, 1.54) is 23.9 Å². The maximum absolute atomic E-state index is 13.6. The normalized spacial score (nSPS) is 11.5. The lowest BCUT2D eigenvalue weighted by Crippen LogP contribution is -2.43. The van der Waals surface area contributed by atoms with Crippen molar-refractivity contribution in [1.29, 1.82) is 0 Å². The summed E-state index contributed by atoms with van der Waals surface area (Å²) in [6.45, 7) is -0.601. The predicted molar refractivity (Wildman–Crippen MR) is 106 cm³/mol. The van der Waals surface area contributed by atoms with Gasteiger partial charge < -0.3 is 15.0 Å². The fraction of sp³-hybridized carbons (Fsp3) is 0.300. The van der Waals surface area contributed by atoms with Crippen LogP contribution < -0.4 is 10.2 Å². The Balaban J connectivity index is 1.92. The van der Waals surface area contributed by atoms with E-state index in [-0.39, 0.29) is 13.2 Å². The van der Waals surface area contributed by atoms with Crippen molar-refractivity contribution in [2.75, 3.05) is 31.7 Å². The van der Waals surface area contributed by atoms with Crippen molar-refractivity contribution in [2.24, 2.45) is 0 Å². The molecule has 3 aromatic rings. The van der Waals surface area contributed by atoms with Crippen molar-refractivity contribution < 1.29 is 27.5 Å². The second kappa shape index (κ2) is 9.56. The van der Waals surface area contributed by atoms with Crippen LogP contribution in [-0.2, 0) is 27.0 Å². The maximum Gasteiger partial charge on any atom is 0.418 e. The third-order valence-corrected chi connectivity index (χ3v) is 4.44. The molecule has 3 rings (SSSR count). The van der Waals surface area contributed by atoms with Crippen LogP contribution in [0.2, 0.25) is 0 Å². The zero-order valence-corrected chi connectivity index (χ0v) is 16.6. The molecule has 31 heavy (non-hydrogen) atoms. The second-order valence-corrected chi connectivity index (χ2v) is 6.57. The Morgan fingerprint density at radius 2 is 1.84 bits per heavy atom. The topological polar surface area (TPSA) is 89.4 Å². The number of nitrogens with zero attached hydrogens (tertiary/aromatic N) is 4. The van der Waals surface area contributed by atoms with Gasteiger partial charge in [-0.2, -0.15) is 13.2 Å². The van der Waals surface area contributed by atoms with Gasteiger partial charge in [0.2, 0.25) is 11.8 Å². The molecule has 0 unspecified atom stereocenters. The Kier molecular flexibility index (Phi) is 6.85. The van der Waals surface area contributed by atoms with Gasteiger partial charge >= 0.3 is 6.18 Å². The minimum atomic E-state index is -4.71. The summed E-state index contributed by atoms with van der Waals surface area (Å²) in [5.41, 5.74) is -0.345. The lowest BCUT2D eigenvalue weighted by atomic mass is 10.1. The molecular formula is C20H20F3N5O3. The predicted octanol–water partition coefficient (Wildman–Crippen LogP) is 2.25. The fourth-order valence-corrected chi connectivity index (χ4v) is 3.00. The zero-order chi connectivity index (χ0) is 22.4. The highest BCUT2D eigenvalue weighted by Crippen LogP contribution is 2.36. The lowest BCUT2D eigenvalue weighted by Gasteiger charge is -2.25. The number of hydrogen-bond acceptors (Lipinski definition) is 5. The number of hydrogen-bond donors (Lipinski definition) is 1. The van der Waals surface area contributed by atoms with Gasteiger partial charge in [0.1, 0.15) is 18.6 Å². The Hall–Kier alpha value is -3.47. The number of methoxy groups -OCH3 is 1. The molecular weight excluding hydrogens is 415 g/mol. The first kappa shape index (κ1) is 22.2. The van der Waals surface area contributed by atoms with Gasteiger partial charge in [-0.05, 0) is 24.3 Å². The zero-order valence-electron chi connectivity index (χ0n) is 16.6. The van der Waals surface area contributed by atoms with Crippen molar-refractivity contribution in [1.82, 2.24) is 20.3 Å². The SMILES string of the molecule is COCCNC(=O)CN(C(=O)Cn1nnc2ccccc21)c1ccccc1C(F)(F)F. The van der Waals surface area contributed by atoms with Crippen molar-refractivity contribution in [2.45, 2.75) is 12.7 Å². The Morgan fingerprint density at radius 1 is 1.13 bits per heavy atom. The molecule has 0 aliphatic rings. The van der Waals surface area contributed by atoms with Crippen LogP contribution in [0, 0.1) is 0 Å². The molecule has 0 bridgehead atoms. The van der Waals surface area contributed by atoms with Crippen LogP contribution in [0.4, 0.5) is 18.9 Å². The van der Waals surface area contributed by atoms with Crippen LogP contribution in [0.5, 0.6) is 0 Å². The number of alkyl halides is 3. The number of amides is 2. The number of benzene rings is 2. The van der Waals surface area contributed by atoms with Crippen molar-refractivity contribution in [3.05, 3.63) is 54.1 Å². The smallest absolute Gasteiger partial charge is 0.383 e. The van der Waals surface area contributed by atoms with E-state index in [1.54, 1.807) is 24.3 Å². The number of anilines is 1. The third-order valence-electron chi connectivity index (χ3n) is 4.44. The van der Waals surface area contributed by atoms with Gasteiger partial charge in [0.15, 0.2) is 0 Å². The standard InChI is InChI=1S/C20H20F3N5O3/c1-31-11-10-24-18(29)12-27(16-8-4-2-6-14(16)20(21,22)23)19(30)13-28-17-9-5-3-7-15(17)25-26-28/h2-9H,10-13H2,1H3,(H,24,29). The summed E-state index contributed by atoms with van der Waals surface area (Å²) in [5.74, 6) is -1.36. The molecule has 2 amide bonds. The average molecular weight is 435 g/mol. The van der Waals surface area contributed by atoms with Gasteiger partial charge in [-0.15, -0.1) is 5.10 Å². The Labute approximate surface area is 175 Å². The van der Waals surface area contributed by atoms with E-state index in [4.69, 9.17) is 4.74 Å². The molecule has 1 N–H and O–H groups in total. The number of rotatable bonds is 8. The summed E-state index contributed by atoms with van der Waals surface area (Å²) >= 11 is 0. The van der Waals surface area contributed by atoms with Gasteiger partial charge in [0, 0.05) is 13.7 Å². The second-order valence-electron chi connectivity index (χ2n) is 6.57. The third kappa shape index (κ3) is 5.37. The van der Waals surface area contributed by atoms with Crippen LogP contribution >= 0.6 is 0 Å². The summed E-state index contributed by atoms with van der Waals surface area (Å²) in [6.07, 6.45) is -4.71. The molecule has 1 aromatic heterocycles. The number of fused-ring (bicyclic) bond motifs is 1. The summed E-state index contributed by atoms with van der Waals surface area (Å²) in [6, 6.07) is 11.5. The largest absolute Gasteiger partial charge is 0.418 e. The highest BCUT2D eigenvalue weighted by atomic mass is 19.4. The van der Waals surface area contributed by atoms with E-state index in [0.29, 0.717) is 11.0 Å². The molecule has 0 saturated carbocycles. The first-order valence-electron chi connectivity index (χ1n) is 9.31. The quantitative estimate of drug-likeness (QED) is 0.549. The number of halogens is 3. The van der Waals surface area contributed by atoms with Crippen LogP contribution in [-0.4, -0.2) is 53.6 Å². The number of ether oxygens (including phenoxy) is 1. The Morgan fingerprint density at radius 3 is 2.58 bits per heavy atom. The first-order chi connectivity index (χ1) is 14.8. The van der Waals surface area contributed by atoms with Gasteiger partial charge in [0.25, 0.3) is 0 Å². The molecule has 0 aliphatic carbocycles. The average Bonchev–Trinajstić information content (AvgIpc) is 3.14. The summed E-state index contributed by atoms with van der Waals surface area (Å²) in [7, 11) is 1.45. The van der Waals surface area contributed by atoms with E-state index in [0.717, 1.165) is 17.0 Å². The summed E-state index contributed by atoms with van der Waals surface area (Å²) < 4.78 is 46.8. The molecule has 8 nitrogen and oxygen atoms in total. The molecule has 0 spiro atoms. The molecule has 0 fully saturated rings. The van der Waals surface area contributed by atoms with Gasteiger partial charge in [-0.1, -0.05) is 29.5 Å². The fourth-order valence-electron chi connectivity index (χ4n) is 3.00. The van der Waals surface area contributed by atoms with E-state index >= 15 is 0 Å².